The third kappa shape index (κ3) is 13.5. The summed E-state index contributed by atoms with van der Waals surface area (Å²) < 4.78 is 45.5. The molecule has 15 heteroatoms. The molecule has 0 aromatic carbocycles. The first kappa shape index (κ1) is 37.1. The maximum absolute atomic E-state index is 13.8. The molecule has 45 heavy (non-hydrogen) atoms. The van der Waals surface area contributed by atoms with E-state index in [4.69, 9.17) is 38.2 Å². The first-order chi connectivity index (χ1) is 21.6. The van der Waals surface area contributed by atoms with Gasteiger partial charge in [0.1, 0.15) is 25.3 Å². The monoisotopic (exact) mass is 662 g/mol. The van der Waals surface area contributed by atoms with Crippen LogP contribution in [0.3, 0.4) is 0 Å². The van der Waals surface area contributed by atoms with Crippen molar-refractivity contribution < 1.29 is 56.4 Å². The van der Waals surface area contributed by atoms with Gasteiger partial charge in [-0.25, -0.2) is 29.4 Å². The summed E-state index contributed by atoms with van der Waals surface area (Å²) in [4.78, 5) is 41.7. The van der Waals surface area contributed by atoms with Crippen LogP contribution in [0.25, 0.3) is 0 Å². The van der Waals surface area contributed by atoms with Gasteiger partial charge in [0.25, 0.3) is 0 Å². The molecule has 0 aliphatic heterocycles. The number of carbonyl (C=O) groups excluding carboxylic acids is 3. The Morgan fingerprint density at radius 2 is 1.13 bits per heavy atom. The molecular weight excluding hydrogens is 609 g/mol. The molecular formula is C30H53N3O11P+. The molecule has 3 saturated carbocycles. The lowest BCUT2D eigenvalue weighted by Crippen LogP contribution is -2.61. The van der Waals surface area contributed by atoms with Crippen LogP contribution in [0.15, 0.2) is 0 Å². The Morgan fingerprint density at radius 1 is 0.711 bits per heavy atom. The molecule has 258 valence electrons. The minimum absolute atomic E-state index is 0.0246. The van der Waals surface area contributed by atoms with E-state index in [0.29, 0.717) is 0 Å². The lowest BCUT2D eigenvalue weighted by Gasteiger charge is -2.38. The van der Waals surface area contributed by atoms with E-state index in [9.17, 15) is 18.9 Å². The predicted octanol–water partition coefficient (Wildman–Crippen LogP) is 6.66. The van der Waals surface area contributed by atoms with Gasteiger partial charge in [-0.15, -0.1) is 0 Å². The van der Waals surface area contributed by atoms with Gasteiger partial charge in [-0.2, -0.15) is 0 Å². The number of guanidine groups is 1. The van der Waals surface area contributed by atoms with E-state index < -0.39 is 30.7 Å². The lowest BCUT2D eigenvalue weighted by molar-refractivity contribution is -1.02. The molecule has 0 radical (unpaired) electrons. The molecule has 0 saturated heterocycles. The first-order valence-corrected chi connectivity index (χ1v) is 18.1. The summed E-state index contributed by atoms with van der Waals surface area (Å²) in [5, 5.41) is 11.4. The summed E-state index contributed by atoms with van der Waals surface area (Å²) in [5.74, 6) is -0.930. The quantitative estimate of drug-likeness (QED) is 0.0386. The Balaban J connectivity index is 1.51. The number of nitrogens with one attached hydrogen (secondary N) is 2. The Hall–Kier alpha value is -2.41. The highest BCUT2D eigenvalue weighted by Crippen LogP contribution is 2.45. The van der Waals surface area contributed by atoms with Crippen LogP contribution >= 0.6 is 7.75 Å². The van der Waals surface area contributed by atoms with Gasteiger partial charge in [0.05, 0.1) is 26.4 Å². The van der Waals surface area contributed by atoms with Crippen LogP contribution in [-0.4, -0.2) is 80.6 Å². The molecule has 3 rings (SSSR count). The van der Waals surface area contributed by atoms with Crippen molar-refractivity contribution in [3.63, 3.8) is 0 Å². The van der Waals surface area contributed by atoms with Crippen LogP contribution in [0, 0.1) is 5.41 Å². The fourth-order valence-corrected chi connectivity index (χ4v) is 7.38. The van der Waals surface area contributed by atoms with Crippen LogP contribution in [0.1, 0.15) is 116 Å². The van der Waals surface area contributed by atoms with Crippen molar-refractivity contribution in [2.24, 2.45) is 0 Å². The molecule has 0 aromatic rings. The van der Waals surface area contributed by atoms with E-state index in [2.05, 4.69) is 5.09 Å². The Bertz CT molecular complexity index is 952. The second-order valence-electron chi connectivity index (χ2n) is 12.1. The van der Waals surface area contributed by atoms with E-state index in [-0.39, 0.29) is 63.5 Å². The highest BCUT2D eigenvalue weighted by molar-refractivity contribution is 7.52. The predicted molar refractivity (Wildman–Crippen MR) is 163 cm³/mol. The van der Waals surface area contributed by atoms with Crippen molar-refractivity contribution >= 4 is 32.0 Å². The summed E-state index contributed by atoms with van der Waals surface area (Å²) in [7, 11) is -2.60. The van der Waals surface area contributed by atoms with Gasteiger partial charge in [0.15, 0.2) is 0 Å². The fourth-order valence-electron chi connectivity index (χ4n) is 5.98. The SMILES string of the molecule is CC(=O)O[N+](C)(C(=N)NP(=O)(OCCCOC(=O)OC1CCCCC1)OCCCOC(=O)OC1CCCCC1)C1CCCCC1. The molecule has 1 unspecified atom stereocenters. The van der Waals surface area contributed by atoms with Gasteiger partial charge < -0.3 is 18.9 Å². The molecule has 2 N–H and O–H groups in total. The molecule has 1 atom stereocenters. The van der Waals surface area contributed by atoms with Crippen LogP contribution in [0.4, 0.5) is 9.59 Å². The standard InChI is InChI=1S/C30H53N3O11P/c1-24(34)44-33(2,25-14-6-3-7-15-25)28(31)32-45(37,40-22-12-20-38-29(35)42-26-16-8-4-9-17-26)41-23-13-21-39-30(36)43-27-18-10-5-11-19-27/h25-27H,3-23H2,1-2H3,(H2,31,32,37)/q+1. The minimum Gasteiger partial charge on any atom is -0.434 e. The number of hydroxylamine groups is 3. The zero-order valence-corrected chi connectivity index (χ0v) is 27.9. The second-order valence-corrected chi connectivity index (χ2v) is 13.9. The maximum Gasteiger partial charge on any atom is 0.508 e. The Kier molecular flexibility index (Phi) is 15.9. The van der Waals surface area contributed by atoms with Crippen LogP contribution in [-0.2, 0) is 42.2 Å². The molecule has 3 fully saturated rings. The third-order valence-corrected chi connectivity index (χ3v) is 9.98. The van der Waals surface area contributed by atoms with Gasteiger partial charge >= 0.3 is 32.0 Å². The number of carbonyl (C=O) groups is 3. The molecule has 14 nitrogen and oxygen atoms in total. The number of ether oxygens (including phenoxy) is 4. The number of rotatable bonds is 14. The summed E-state index contributed by atoms with van der Waals surface area (Å²) in [5.41, 5.74) is 0. The summed E-state index contributed by atoms with van der Waals surface area (Å²) in [6.07, 6.45) is 12.7. The van der Waals surface area contributed by atoms with Crippen LogP contribution in [0.2, 0.25) is 0 Å². The number of hydrogen-bond donors (Lipinski definition) is 2. The van der Waals surface area contributed by atoms with Gasteiger partial charge in [-0.1, -0.05) is 23.9 Å². The van der Waals surface area contributed by atoms with E-state index in [1.165, 1.54) is 6.92 Å². The topological polar surface area (TPSA) is 169 Å². The van der Waals surface area contributed by atoms with Gasteiger partial charge in [-0.3, -0.25) is 13.9 Å². The second kappa shape index (κ2) is 19.3. The van der Waals surface area contributed by atoms with E-state index in [1.807, 2.05) is 0 Å². The van der Waals surface area contributed by atoms with Crippen LogP contribution in [0.5, 0.6) is 0 Å². The van der Waals surface area contributed by atoms with Gasteiger partial charge in [-0.05, 0) is 64.2 Å². The largest absolute Gasteiger partial charge is 0.508 e. The summed E-state index contributed by atoms with van der Waals surface area (Å²) in [6.45, 7) is 0.961. The molecule has 0 heterocycles. The maximum atomic E-state index is 13.8. The van der Waals surface area contributed by atoms with E-state index >= 15 is 0 Å². The van der Waals surface area contributed by atoms with Gasteiger partial charge in [0.2, 0.25) is 0 Å². The molecule has 3 aliphatic rings. The van der Waals surface area contributed by atoms with Crippen molar-refractivity contribution in [3.05, 3.63) is 0 Å². The normalized spacial score (nSPS) is 20.0. The third-order valence-electron chi connectivity index (χ3n) is 8.45. The average molecular weight is 663 g/mol. The molecule has 0 aromatic heterocycles. The van der Waals surface area contributed by atoms with E-state index in [0.717, 1.165) is 96.3 Å². The zero-order valence-electron chi connectivity index (χ0n) is 27.0. The number of nitrogens with zero attached hydrogens (tertiary/aromatic N) is 1. The van der Waals surface area contributed by atoms with Crippen molar-refractivity contribution in [2.45, 2.75) is 134 Å². The molecule has 0 bridgehead atoms. The fraction of sp³-hybridized carbons (Fsp3) is 0.867. The number of hydrogen-bond acceptors (Lipinski definition) is 12. The lowest BCUT2D eigenvalue weighted by atomic mass is 9.94. The smallest absolute Gasteiger partial charge is 0.434 e. The Morgan fingerprint density at radius 3 is 1.56 bits per heavy atom. The van der Waals surface area contributed by atoms with E-state index in [1.54, 1.807) is 7.05 Å². The first-order valence-electron chi connectivity index (χ1n) is 16.6. The summed E-state index contributed by atoms with van der Waals surface area (Å²) in [6, 6.07) is -0.205. The van der Waals surface area contributed by atoms with Crippen LogP contribution < -0.4 is 5.09 Å². The summed E-state index contributed by atoms with van der Waals surface area (Å²) >= 11 is 0. The molecule has 3 aliphatic carbocycles. The van der Waals surface area contributed by atoms with Crippen molar-refractivity contribution in [2.75, 3.05) is 33.5 Å². The van der Waals surface area contributed by atoms with Gasteiger partial charge in [0, 0.05) is 32.6 Å². The van der Waals surface area contributed by atoms with Crippen molar-refractivity contribution in [1.29, 1.82) is 5.41 Å². The molecule has 0 amide bonds. The Labute approximate surface area is 266 Å². The highest BCUT2D eigenvalue weighted by atomic mass is 31.2. The molecule has 0 spiro atoms. The average Bonchev–Trinajstić information content (AvgIpc) is 3.01. The minimum atomic E-state index is -4.18. The van der Waals surface area contributed by atoms with Crippen molar-refractivity contribution in [1.82, 2.24) is 5.09 Å². The number of quaternary nitrogens is 1. The highest BCUT2D eigenvalue weighted by Gasteiger charge is 2.46. The van der Waals surface area contributed by atoms with Crippen molar-refractivity contribution in [3.8, 4) is 0 Å². The zero-order chi connectivity index (χ0) is 32.5.